The highest BCUT2D eigenvalue weighted by Gasteiger charge is 2.43. The molecule has 0 bridgehead atoms. The van der Waals surface area contributed by atoms with E-state index in [2.05, 4.69) is 6.92 Å². The number of esters is 1. The molecule has 3 N–H and O–H groups in total. The largest absolute Gasteiger partial charge is 0.478 e. The Morgan fingerprint density at radius 2 is 1.52 bits per heavy atom. The van der Waals surface area contributed by atoms with Crippen LogP contribution in [0.25, 0.3) is 0 Å². The van der Waals surface area contributed by atoms with E-state index in [1.807, 2.05) is 0 Å². The number of carboxylic acids is 1. The smallest absolute Gasteiger partial charge is 0.348 e. The van der Waals surface area contributed by atoms with Crippen molar-refractivity contribution in [1.82, 2.24) is 0 Å². The van der Waals surface area contributed by atoms with Gasteiger partial charge in [0.2, 0.25) is 5.60 Å². The van der Waals surface area contributed by atoms with Crippen LogP contribution in [0.2, 0.25) is 0 Å². The Morgan fingerprint density at radius 1 is 1.00 bits per heavy atom. The molecule has 0 fully saturated rings. The molecule has 0 aliphatic rings. The van der Waals surface area contributed by atoms with E-state index in [0.29, 0.717) is 6.42 Å². The van der Waals surface area contributed by atoms with Gasteiger partial charge in [-0.15, -0.1) is 0 Å². The molecule has 6 nitrogen and oxygen atoms in total. The van der Waals surface area contributed by atoms with Gasteiger partial charge in [-0.25, -0.2) is 9.59 Å². The molecule has 23 heavy (non-hydrogen) atoms. The van der Waals surface area contributed by atoms with E-state index in [1.165, 1.54) is 33.1 Å². The Labute approximate surface area is 138 Å². The summed E-state index contributed by atoms with van der Waals surface area (Å²) in [4.78, 5) is 23.3. The van der Waals surface area contributed by atoms with E-state index >= 15 is 0 Å². The summed E-state index contributed by atoms with van der Waals surface area (Å²) in [7, 11) is 0. The minimum absolute atomic E-state index is 0.138. The van der Waals surface area contributed by atoms with Gasteiger partial charge in [0.1, 0.15) is 6.10 Å². The second-order valence-corrected chi connectivity index (χ2v) is 6.32. The molecular formula is C17H32O6. The van der Waals surface area contributed by atoms with Gasteiger partial charge in [-0.05, 0) is 26.7 Å². The first-order valence-electron chi connectivity index (χ1n) is 8.57. The molecule has 0 saturated heterocycles. The van der Waals surface area contributed by atoms with Gasteiger partial charge >= 0.3 is 11.9 Å². The molecule has 0 spiro atoms. The molecule has 0 rings (SSSR count). The first-order chi connectivity index (χ1) is 10.7. The highest BCUT2D eigenvalue weighted by Crippen LogP contribution is 2.27. The molecule has 0 aromatic carbocycles. The van der Waals surface area contributed by atoms with Crippen molar-refractivity contribution in [3.8, 4) is 0 Å². The highest BCUT2D eigenvalue weighted by atomic mass is 16.6. The Kier molecular flexibility index (Phi) is 10.8. The zero-order valence-corrected chi connectivity index (χ0v) is 14.6. The van der Waals surface area contributed by atoms with E-state index in [0.717, 1.165) is 19.3 Å². The van der Waals surface area contributed by atoms with Crippen LogP contribution in [0.15, 0.2) is 0 Å². The summed E-state index contributed by atoms with van der Waals surface area (Å²) in [6.07, 6.45) is 4.75. The second-order valence-electron chi connectivity index (χ2n) is 6.32. The second kappa shape index (κ2) is 11.4. The maximum absolute atomic E-state index is 11.7. The van der Waals surface area contributed by atoms with Gasteiger partial charge < -0.3 is 20.1 Å². The average Bonchev–Trinajstić information content (AvgIpc) is 2.45. The van der Waals surface area contributed by atoms with Crippen LogP contribution in [0.3, 0.4) is 0 Å². The predicted molar refractivity (Wildman–Crippen MR) is 87.0 cm³/mol. The molecule has 0 radical (unpaired) electrons. The first kappa shape index (κ1) is 21.9. The summed E-state index contributed by atoms with van der Waals surface area (Å²) in [5.41, 5.74) is -1.77. The van der Waals surface area contributed by atoms with Crippen molar-refractivity contribution >= 4 is 11.9 Å². The quantitative estimate of drug-likeness (QED) is 0.354. The van der Waals surface area contributed by atoms with Crippen LogP contribution in [-0.4, -0.2) is 45.1 Å². The average molecular weight is 332 g/mol. The minimum atomic E-state index is -1.77. The van der Waals surface area contributed by atoms with Crippen LogP contribution in [-0.2, 0) is 14.3 Å². The molecular weight excluding hydrogens is 300 g/mol. The number of hydrogen-bond donors (Lipinski definition) is 3. The summed E-state index contributed by atoms with van der Waals surface area (Å²) >= 11 is 0. The lowest BCUT2D eigenvalue weighted by atomic mass is 9.89. The lowest BCUT2D eigenvalue weighted by molar-refractivity contribution is -0.188. The molecule has 0 saturated carbocycles. The highest BCUT2D eigenvalue weighted by molar-refractivity contribution is 5.83. The molecule has 3 unspecified atom stereocenters. The Bertz CT molecular complexity index is 353. The van der Waals surface area contributed by atoms with E-state index < -0.39 is 29.7 Å². The molecule has 0 aliphatic heterocycles. The monoisotopic (exact) mass is 332 g/mol. The van der Waals surface area contributed by atoms with Crippen molar-refractivity contribution in [2.45, 2.75) is 96.4 Å². The number of carbonyl (C=O) groups excluding carboxylic acids is 1. The zero-order chi connectivity index (χ0) is 17.9. The predicted octanol–water partition coefficient (Wildman–Crippen LogP) is 2.65. The van der Waals surface area contributed by atoms with Crippen LogP contribution in [0.5, 0.6) is 0 Å². The number of ether oxygens (including phenoxy) is 1. The SMILES string of the molecule is CCCCCCCCCC(CC(C)O)(OC(=O)C(C)O)C(=O)O. The van der Waals surface area contributed by atoms with Gasteiger partial charge in [-0.3, -0.25) is 0 Å². The molecule has 0 aromatic heterocycles. The van der Waals surface area contributed by atoms with Crippen LogP contribution in [0, 0.1) is 0 Å². The van der Waals surface area contributed by atoms with E-state index in [9.17, 15) is 24.9 Å². The lowest BCUT2D eigenvalue weighted by Gasteiger charge is -2.31. The normalized spacial score (nSPS) is 16.4. The molecule has 0 amide bonds. The van der Waals surface area contributed by atoms with Gasteiger partial charge in [-0.2, -0.15) is 0 Å². The van der Waals surface area contributed by atoms with Gasteiger partial charge in [0.25, 0.3) is 0 Å². The molecule has 6 heteroatoms. The summed E-state index contributed by atoms with van der Waals surface area (Å²) in [5.74, 6) is -2.26. The first-order valence-corrected chi connectivity index (χ1v) is 8.57. The van der Waals surface area contributed by atoms with E-state index in [4.69, 9.17) is 4.74 Å². The number of aliphatic hydroxyl groups is 2. The minimum Gasteiger partial charge on any atom is -0.478 e. The summed E-state index contributed by atoms with van der Waals surface area (Å²) in [6, 6.07) is 0. The number of unbranched alkanes of at least 4 members (excludes halogenated alkanes) is 6. The maximum Gasteiger partial charge on any atom is 0.348 e. The number of carboxylic acid groups (broad SMARTS) is 1. The van der Waals surface area contributed by atoms with Gasteiger partial charge in [0.05, 0.1) is 6.10 Å². The summed E-state index contributed by atoms with van der Waals surface area (Å²) in [5, 5.41) is 28.3. The molecule has 3 atom stereocenters. The number of carbonyl (C=O) groups is 2. The molecule has 0 aliphatic carbocycles. The van der Waals surface area contributed by atoms with Gasteiger partial charge in [0, 0.05) is 6.42 Å². The Balaban J connectivity index is 4.64. The van der Waals surface area contributed by atoms with E-state index in [1.54, 1.807) is 0 Å². The number of aliphatic carboxylic acids is 1. The van der Waals surface area contributed by atoms with Crippen molar-refractivity contribution in [1.29, 1.82) is 0 Å². The van der Waals surface area contributed by atoms with Crippen molar-refractivity contribution in [3.63, 3.8) is 0 Å². The maximum atomic E-state index is 11.7. The molecule has 0 aromatic rings. The molecule has 136 valence electrons. The zero-order valence-electron chi connectivity index (χ0n) is 14.6. The van der Waals surface area contributed by atoms with Crippen LogP contribution in [0.1, 0.15) is 78.6 Å². The molecule has 0 heterocycles. The third kappa shape index (κ3) is 8.91. The van der Waals surface area contributed by atoms with Gasteiger partial charge in [0.15, 0.2) is 0 Å². The Hall–Kier alpha value is -1.14. The third-order valence-electron chi connectivity index (χ3n) is 3.84. The fraction of sp³-hybridized carbons (Fsp3) is 0.882. The Morgan fingerprint density at radius 3 is 1.96 bits per heavy atom. The fourth-order valence-corrected chi connectivity index (χ4v) is 2.56. The standard InChI is InChI=1S/C17H32O6/c1-4-5-6-7-8-9-10-11-17(16(21)22,12-13(2)18)23-15(20)14(3)19/h13-14,18-19H,4-12H2,1-3H3,(H,21,22). The van der Waals surface area contributed by atoms with Crippen molar-refractivity contribution in [2.75, 3.05) is 0 Å². The van der Waals surface area contributed by atoms with Gasteiger partial charge in [-0.1, -0.05) is 45.4 Å². The summed E-state index contributed by atoms with van der Waals surface area (Å²) in [6.45, 7) is 4.83. The number of aliphatic hydroxyl groups excluding tert-OH is 2. The van der Waals surface area contributed by atoms with Crippen molar-refractivity contribution in [3.05, 3.63) is 0 Å². The number of rotatable bonds is 13. The van der Waals surface area contributed by atoms with E-state index in [-0.39, 0.29) is 12.8 Å². The van der Waals surface area contributed by atoms with Crippen molar-refractivity contribution in [2.24, 2.45) is 0 Å². The van der Waals surface area contributed by atoms with Crippen LogP contribution < -0.4 is 0 Å². The topological polar surface area (TPSA) is 104 Å². The third-order valence-corrected chi connectivity index (χ3v) is 3.84. The van der Waals surface area contributed by atoms with Crippen LogP contribution in [0.4, 0.5) is 0 Å². The fourth-order valence-electron chi connectivity index (χ4n) is 2.56. The van der Waals surface area contributed by atoms with Crippen LogP contribution >= 0.6 is 0 Å². The van der Waals surface area contributed by atoms with Crippen molar-refractivity contribution < 1.29 is 29.6 Å². The lowest BCUT2D eigenvalue weighted by Crippen LogP contribution is -2.47. The summed E-state index contributed by atoms with van der Waals surface area (Å²) < 4.78 is 5.07. The number of hydrogen-bond acceptors (Lipinski definition) is 5.